The number of likely N-dealkylation sites (N-methyl/N-ethyl adjacent to an activating group) is 1. The summed E-state index contributed by atoms with van der Waals surface area (Å²) >= 11 is 0. The van der Waals surface area contributed by atoms with Gasteiger partial charge >= 0.3 is 0 Å². The van der Waals surface area contributed by atoms with E-state index in [-0.39, 0.29) is 0 Å². The van der Waals surface area contributed by atoms with Gasteiger partial charge in [-0.05, 0) is 384 Å². The van der Waals surface area contributed by atoms with Gasteiger partial charge in [-0.2, -0.15) is 0 Å². The summed E-state index contributed by atoms with van der Waals surface area (Å²) in [6.07, 6.45) is 39.3. The lowest BCUT2D eigenvalue weighted by Crippen LogP contribution is -2.49. The quantitative estimate of drug-likeness (QED) is 0.0537. The van der Waals surface area contributed by atoms with Gasteiger partial charge in [0, 0.05) is 208 Å². The number of hydrogen-bond donors (Lipinski definition) is 0. The highest BCUT2D eigenvalue weighted by Gasteiger charge is 2.23. The minimum absolute atomic E-state index is 0.373. The highest BCUT2D eigenvalue weighted by Crippen LogP contribution is 2.22. The molecule has 9 aliphatic rings. The Balaban J connectivity index is 0.000000709. The Labute approximate surface area is 785 Å². The molecule has 0 aromatic rings. The normalized spacial score (nSPS) is 22.4. The molecule has 756 valence electrons. The van der Waals surface area contributed by atoms with Crippen LogP contribution in [-0.2, 0) is 42.6 Å². The molecule has 2 unspecified atom stereocenters. The first kappa shape index (κ1) is 123. The summed E-state index contributed by atoms with van der Waals surface area (Å²) < 4.78 is 49.8. The van der Waals surface area contributed by atoms with Crippen LogP contribution in [0.4, 0.5) is 0 Å². The Morgan fingerprint density at radius 1 is 0.206 bits per heavy atom. The SMILES string of the molecule is CC(C)OCCCN1CCCCC1.CC(C)OCCCN1CCCCC1.CC(C)OCCCN1CCCCC1C.CC(C)OCCCN1CCCC[C@H]1C.CC(C)OCCCN1CCC[C@@H](C)C1.CC(C)OCCCN1CCC[C@H](C)C1.CC(C)OCCCN1CCN(C(C)C)CC1.CC(C)OCCCN1CCN(C)CC1.CC1CCCN(CCCOC(C)C)C1. The summed E-state index contributed by atoms with van der Waals surface area (Å²) in [6, 6.07) is 2.29. The Hall–Kier alpha value is -0.800. The van der Waals surface area contributed by atoms with Gasteiger partial charge in [0.1, 0.15) is 0 Å². The molecule has 0 amide bonds. The van der Waals surface area contributed by atoms with Gasteiger partial charge in [-0.3, -0.25) is 4.90 Å². The molecule has 5 atom stereocenters. The molecule has 9 fully saturated rings. The molecule has 9 aliphatic heterocycles. The minimum Gasteiger partial charge on any atom is -0.379 e. The first-order valence-corrected chi connectivity index (χ1v) is 53.8. The number of rotatable bonds is 46. The number of ether oxygens (including phenoxy) is 9. The Morgan fingerprint density at radius 2 is 0.413 bits per heavy atom. The molecule has 126 heavy (non-hydrogen) atoms. The van der Waals surface area contributed by atoms with Crippen LogP contribution in [0.3, 0.4) is 0 Å². The fourth-order valence-electron chi connectivity index (χ4n) is 17.8. The van der Waals surface area contributed by atoms with Gasteiger partial charge in [0.15, 0.2) is 0 Å². The summed E-state index contributed by atoms with van der Waals surface area (Å²) in [6.45, 7) is 98.7. The molecule has 9 heterocycles. The number of likely N-dealkylation sites (tertiary alicyclic amines) is 7. The van der Waals surface area contributed by atoms with Crippen molar-refractivity contribution in [3.05, 3.63) is 0 Å². The van der Waals surface area contributed by atoms with Crippen LogP contribution >= 0.6 is 0 Å². The first-order valence-electron chi connectivity index (χ1n) is 53.8. The van der Waals surface area contributed by atoms with E-state index in [9.17, 15) is 0 Å². The average Bonchev–Trinajstić information content (AvgIpc) is 0.895. The zero-order chi connectivity index (χ0) is 93.3. The van der Waals surface area contributed by atoms with E-state index in [2.05, 4.69) is 234 Å². The summed E-state index contributed by atoms with van der Waals surface area (Å²) in [5.74, 6) is 2.69. The topological polar surface area (TPSA) is 119 Å². The van der Waals surface area contributed by atoms with Gasteiger partial charge in [0.2, 0.25) is 0 Å². The first-order chi connectivity index (χ1) is 60.3. The fourth-order valence-corrected chi connectivity index (χ4v) is 17.8. The van der Waals surface area contributed by atoms with Crippen molar-refractivity contribution in [2.24, 2.45) is 17.8 Å². The van der Waals surface area contributed by atoms with Gasteiger partial charge in [-0.1, -0.05) is 46.5 Å². The van der Waals surface area contributed by atoms with Crippen LogP contribution in [0, 0.1) is 17.8 Å². The summed E-state index contributed by atoms with van der Waals surface area (Å²) in [4.78, 5) is 28.1. The van der Waals surface area contributed by atoms with E-state index in [1.165, 1.54) is 363 Å². The third kappa shape index (κ3) is 77.4. The van der Waals surface area contributed by atoms with Crippen molar-refractivity contribution in [1.82, 2.24) is 53.9 Å². The Morgan fingerprint density at radius 3 is 0.635 bits per heavy atom. The van der Waals surface area contributed by atoms with Gasteiger partial charge in [0.05, 0.1) is 54.9 Å². The molecule has 0 radical (unpaired) electrons. The van der Waals surface area contributed by atoms with Crippen LogP contribution in [0.15, 0.2) is 0 Å². The van der Waals surface area contributed by atoms with Crippen molar-refractivity contribution in [2.75, 3.05) is 256 Å². The van der Waals surface area contributed by atoms with Crippen molar-refractivity contribution in [1.29, 1.82) is 0 Å². The number of piperidine rings is 7. The maximum Gasteiger partial charge on any atom is 0.0518 e. The molecular formula is C106H223N11O9. The molecule has 9 rings (SSSR count). The summed E-state index contributed by atoms with van der Waals surface area (Å²) in [5, 5.41) is 0. The largest absolute Gasteiger partial charge is 0.379 e. The van der Waals surface area contributed by atoms with Gasteiger partial charge < -0.3 is 91.6 Å². The van der Waals surface area contributed by atoms with E-state index >= 15 is 0 Å². The minimum atomic E-state index is 0.373. The molecule has 0 spiro atoms. The Bertz CT molecular complexity index is 2110. The molecule has 0 N–H and O–H groups in total. The average molecular weight is 1800 g/mol. The van der Waals surface area contributed by atoms with Crippen LogP contribution in [-0.4, -0.2) is 383 Å². The van der Waals surface area contributed by atoms with E-state index in [0.29, 0.717) is 61.0 Å². The highest BCUT2D eigenvalue weighted by molar-refractivity contribution is 4.78. The molecular weight excluding hydrogens is 1570 g/mol. The van der Waals surface area contributed by atoms with Gasteiger partial charge in [-0.25, -0.2) is 0 Å². The van der Waals surface area contributed by atoms with Crippen molar-refractivity contribution in [2.45, 2.75) is 420 Å². The molecule has 20 nitrogen and oxygen atoms in total. The third-order valence-electron chi connectivity index (χ3n) is 25.3. The highest BCUT2D eigenvalue weighted by atomic mass is 16.5. The molecule has 0 saturated carbocycles. The predicted octanol–water partition coefficient (Wildman–Crippen LogP) is 20.4. The van der Waals surface area contributed by atoms with Crippen molar-refractivity contribution in [3.63, 3.8) is 0 Å². The van der Waals surface area contributed by atoms with Crippen LogP contribution in [0.25, 0.3) is 0 Å². The van der Waals surface area contributed by atoms with Crippen molar-refractivity contribution in [3.8, 4) is 0 Å². The maximum atomic E-state index is 5.56. The molecule has 20 heteroatoms. The molecule has 0 aromatic carbocycles. The second-order valence-electron chi connectivity index (χ2n) is 41.8. The monoisotopic (exact) mass is 1790 g/mol. The Kier molecular flexibility index (Phi) is 80.6. The summed E-state index contributed by atoms with van der Waals surface area (Å²) in [7, 11) is 2.19. The van der Waals surface area contributed by atoms with Gasteiger partial charge in [-0.15, -0.1) is 0 Å². The van der Waals surface area contributed by atoms with Gasteiger partial charge in [0.25, 0.3) is 0 Å². The lowest BCUT2D eigenvalue weighted by atomic mass is 10.0. The predicted molar refractivity (Wildman–Crippen MR) is 543 cm³/mol. The lowest BCUT2D eigenvalue weighted by Gasteiger charge is -2.36. The van der Waals surface area contributed by atoms with E-state index in [1.807, 2.05) is 0 Å². The molecule has 0 bridgehead atoms. The molecule has 0 aromatic heterocycles. The summed E-state index contributed by atoms with van der Waals surface area (Å²) in [5.41, 5.74) is 0. The van der Waals surface area contributed by atoms with E-state index in [4.69, 9.17) is 42.6 Å². The second kappa shape index (κ2) is 82.5. The van der Waals surface area contributed by atoms with Crippen LogP contribution in [0.1, 0.15) is 346 Å². The fraction of sp³-hybridized carbons (Fsp3) is 1.00. The maximum absolute atomic E-state index is 5.56. The number of nitrogens with zero attached hydrogens (tertiary/aromatic N) is 11. The van der Waals surface area contributed by atoms with E-state index in [1.54, 1.807) is 0 Å². The van der Waals surface area contributed by atoms with Crippen molar-refractivity contribution < 1.29 is 42.6 Å². The lowest BCUT2D eigenvalue weighted by molar-refractivity contribution is 0.0604. The van der Waals surface area contributed by atoms with Crippen LogP contribution in [0.2, 0.25) is 0 Å². The third-order valence-corrected chi connectivity index (χ3v) is 25.3. The smallest absolute Gasteiger partial charge is 0.0518 e. The molecule has 0 aliphatic carbocycles. The standard InChI is InChI=1S/C13H28N2O.5C12H25NO.C11H24N2O.2C11H23NO/c1-12(2)15-9-7-14(8-10-15)6-5-11-16-13(3)4;3*1-11(2)14-9-5-8-13-7-4-6-12(3)10-13;2*1-11(2)14-10-6-9-13-8-5-4-7-12(13)3;1-11(2)14-10-4-5-13-8-6-12(3)7-9-13;2*1-11(2)13-10-6-9-12-7-4-3-5-8-12/h12-13H,5-11H2,1-4H3;5*11-12H,4-10H2,1-3H3;11H,4-10H2,1-3H3;2*11H,3-10H2,1-2H3/t;2*12-;;12-;;;;/m.10.1..../s1. The zero-order valence-electron chi connectivity index (χ0n) is 89.2. The van der Waals surface area contributed by atoms with Crippen LogP contribution < -0.4 is 0 Å². The zero-order valence-corrected chi connectivity index (χ0v) is 89.2. The van der Waals surface area contributed by atoms with E-state index < -0.39 is 0 Å². The number of piperazine rings is 2. The second-order valence-corrected chi connectivity index (χ2v) is 41.8. The van der Waals surface area contributed by atoms with Crippen molar-refractivity contribution >= 4 is 0 Å². The van der Waals surface area contributed by atoms with Crippen LogP contribution in [0.5, 0.6) is 0 Å². The van der Waals surface area contributed by atoms with E-state index in [0.717, 1.165) is 89.3 Å². The number of hydrogen-bond acceptors (Lipinski definition) is 20. The molecule has 9 saturated heterocycles.